The monoisotopic (exact) mass is 435 g/mol. The Morgan fingerprint density at radius 3 is 2.77 bits per heavy atom. The molecule has 0 unspecified atom stereocenters. The number of thioether (sulfide) groups is 1. The second-order valence-electron chi connectivity index (χ2n) is 7.24. The van der Waals surface area contributed by atoms with Gasteiger partial charge in [-0.3, -0.25) is 14.1 Å². The molecule has 0 spiro atoms. The van der Waals surface area contributed by atoms with Crippen LogP contribution in [0.4, 0.5) is 5.13 Å². The summed E-state index contributed by atoms with van der Waals surface area (Å²) in [6.07, 6.45) is 6.38. The van der Waals surface area contributed by atoms with Crippen LogP contribution >= 0.6 is 23.1 Å². The van der Waals surface area contributed by atoms with Crippen LogP contribution in [0.1, 0.15) is 29.0 Å². The lowest BCUT2D eigenvalue weighted by molar-refractivity contribution is -0.116. The van der Waals surface area contributed by atoms with Gasteiger partial charge in [0.25, 0.3) is 0 Å². The molecule has 1 aromatic carbocycles. The Labute approximate surface area is 183 Å². The van der Waals surface area contributed by atoms with E-state index in [-0.39, 0.29) is 11.7 Å². The van der Waals surface area contributed by atoms with Gasteiger partial charge in [0, 0.05) is 11.1 Å². The summed E-state index contributed by atoms with van der Waals surface area (Å²) in [5, 5.41) is 9.92. The third-order valence-electron chi connectivity index (χ3n) is 5.16. The standard InChI is InChI=1S/C22H21N5OS2/c28-20(15-29-22-25-24-19-12-6-7-13-26(19)22)27(14-16-8-2-1-3-9-16)21-23-17-10-4-5-11-18(17)30-21/h1-3,6-9,12-13H,4-5,10-11,14-15H2. The zero-order valence-corrected chi connectivity index (χ0v) is 18.0. The van der Waals surface area contributed by atoms with Gasteiger partial charge in [-0.15, -0.1) is 21.5 Å². The number of nitrogens with zero attached hydrogens (tertiary/aromatic N) is 5. The van der Waals surface area contributed by atoms with Gasteiger partial charge >= 0.3 is 0 Å². The van der Waals surface area contributed by atoms with Crippen LogP contribution in [0.25, 0.3) is 5.65 Å². The molecule has 152 valence electrons. The van der Waals surface area contributed by atoms with Crippen molar-refractivity contribution in [2.75, 3.05) is 10.7 Å². The maximum Gasteiger partial charge on any atom is 0.239 e. The molecule has 1 aliphatic carbocycles. The first-order valence-electron chi connectivity index (χ1n) is 10.0. The van der Waals surface area contributed by atoms with Gasteiger partial charge in [0.05, 0.1) is 18.0 Å². The molecule has 6 nitrogen and oxygen atoms in total. The van der Waals surface area contributed by atoms with Crippen molar-refractivity contribution in [3.63, 3.8) is 0 Å². The van der Waals surface area contributed by atoms with E-state index < -0.39 is 0 Å². The maximum atomic E-state index is 13.3. The number of pyridine rings is 1. The highest BCUT2D eigenvalue weighted by atomic mass is 32.2. The van der Waals surface area contributed by atoms with Crippen LogP contribution in [0.15, 0.2) is 59.9 Å². The van der Waals surface area contributed by atoms with E-state index >= 15 is 0 Å². The number of amides is 1. The minimum absolute atomic E-state index is 0.0302. The Kier molecular flexibility index (Phi) is 5.50. The number of fused-ring (bicyclic) bond motifs is 2. The van der Waals surface area contributed by atoms with E-state index in [2.05, 4.69) is 10.2 Å². The highest BCUT2D eigenvalue weighted by Crippen LogP contribution is 2.33. The molecule has 30 heavy (non-hydrogen) atoms. The number of carbonyl (C=O) groups is 1. The highest BCUT2D eigenvalue weighted by molar-refractivity contribution is 7.99. The molecule has 8 heteroatoms. The molecule has 1 aliphatic rings. The fourth-order valence-electron chi connectivity index (χ4n) is 3.60. The number of carbonyl (C=O) groups excluding carboxylic acids is 1. The molecule has 3 heterocycles. The van der Waals surface area contributed by atoms with Crippen LogP contribution < -0.4 is 4.90 Å². The summed E-state index contributed by atoms with van der Waals surface area (Å²) in [7, 11) is 0. The number of hydrogen-bond donors (Lipinski definition) is 0. The van der Waals surface area contributed by atoms with Crippen molar-refractivity contribution < 1.29 is 4.79 Å². The average Bonchev–Trinajstić information content (AvgIpc) is 3.40. The molecule has 0 saturated heterocycles. The lowest BCUT2D eigenvalue weighted by Gasteiger charge is -2.20. The molecule has 4 aromatic rings. The van der Waals surface area contributed by atoms with Crippen molar-refractivity contribution in [3.05, 3.63) is 70.9 Å². The van der Waals surface area contributed by atoms with Gasteiger partial charge in [-0.2, -0.15) is 0 Å². The first-order valence-corrected chi connectivity index (χ1v) is 11.8. The molecule has 1 amide bonds. The SMILES string of the molecule is O=C(CSc1nnc2ccccn12)N(Cc1ccccc1)c1nc2c(s1)CCCC2. The van der Waals surface area contributed by atoms with Crippen LogP contribution in [0.2, 0.25) is 0 Å². The Bertz CT molecular complexity index is 1150. The highest BCUT2D eigenvalue weighted by Gasteiger charge is 2.24. The van der Waals surface area contributed by atoms with Crippen LogP contribution in [0.5, 0.6) is 0 Å². The van der Waals surface area contributed by atoms with E-state index in [1.807, 2.05) is 64.0 Å². The third kappa shape index (κ3) is 3.97. The molecule has 0 radical (unpaired) electrons. The van der Waals surface area contributed by atoms with Crippen LogP contribution in [0.3, 0.4) is 0 Å². The number of aromatic nitrogens is 4. The Morgan fingerprint density at radius 1 is 1.07 bits per heavy atom. The average molecular weight is 436 g/mol. The van der Waals surface area contributed by atoms with Crippen LogP contribution in [-0.2, 0) is 24.2 Å². The predicted octanol–water partition coefficient (Wildman–Crippen LogP) is 4.39. The summed E-state index contributed by atoms with van der Waals surface area (Å²) in [5.74, 6) is 0.315. The minimum atomic E-state index is 0.0302. The summed E-state index contributed by atoms with van der Waals surface area (Å²) < 4.78 is 1.90. The second kappa shape index (κ2) is 8.57. The maximum absolute atomic E-state index is 13.3. The van der Waals surface area contributed by atoms with Crippen molar-refractivity contribution in [1.82, 2.24) is 19.6 Å². The Balaban J connectivity index is 1.39. The fraction of sp³-hybridized carbons (Fsp3) is 0.273. The van der Waals surface area contributed by atoms with E-state index in [1.54, 1.807) is 11.3 Å². The first-order chi connectivity index (χ1) is 14.8. The van der Waals surface area contributed by atoms with E-state index in [0.29, 0.717) is 6.54 Å². The molecular weight excluding hydrogens is 414 g/mol. The molecule has 0 bridgehead atoms. The molecule has 0 atom stereocenters. The van der Waals surface area contributed by atoms with Crippen molar-refractivity contribution in [2.24, 2.45) is 0 Å². The van der Waals surface area contributed by atoms with Crippen molar-refractivity contribution >= 4 is 39.8 Å². The molecule has 0 N–H and O–H groups in total. The molecule has 3 aromatic heterocycles. The van der Waals surface area contributed by atoms with E-state index in [0.717, 1.165) is 34.3 Å². The van der Waals surface area contributed by atoms with Gasteiger partial charge in [0.15, 0.2) is 15.9 Å². The van der Waals surface area contributed by atoms with Crippen molar-refractivity contribution in [3.8, 4) is 0 Å². The molecular formula is C22H21N5OS2. The topological polar surface area (TPSA) is 63.4 Å². The minimum Gasteiger partial charge on any atom is -0.283 e. The predicted molar refractivity (Wildman–Crippen MR) is 120 cm³/mol. The third-order valence-corrected chi connectivity index (χ3v) is 7.27. The lowest BCUT2D eigenvalue weighted by atomic mass is 10.0. The largest absolute Gasteiger partial charge is 0.283 e. The van der Waals surface area contributed by atoms with Gasteiger partial charge in [0.2, 0.25) is 5.91 Å². The lowest BCUT2D eigenvalue weighted by Crippen LogP contribution is -2.32. The number of hydrogen-bond acceptors (Lipinski definition) is 6. The number of rotatable bonds is 6. The van der Waals surface area contributed by atoms with Gasteiger partial charge in [-0.1, -0.05) is 48.2 Å². The number of thiazole rings is 1. The molecule has 0 saturated carbocycles. The number of anilines is 1. The normalized spacial score (nSPS) is 13.3. The molecule has 5 rings (SSSR count). The van der Waals surface area contributed by atoms with Crippen LogP contribution in [0, 0.1) is 0 Å². The van der Waals surface area contributed by atoms with E-state index in [4.69, 9.17) is 4.98 Å². The van der Waals surface area contributed by atoms with Gasteiger partial charge in [-0.25, -0.2) is 4.98 Å². The summed E-state index contributed by atoms with van der Waals surface area (Å²) in [5.41, 5.74) is 3.04. The number of benzene rings is 1. The van der Waals surface area contributed by atoms with Crippen molar-refractivity contribution in [1.29, 1.82) is 0 Å². The van der Waals surface area contributed by atoms with Crippen molar-refractivity contribution in [2.45, 2.75) is 37.4 Å². The smallest absolute Gasteiger partial charge is 0.239 e. The van der Waals surface area contributed by atoms with Gasteiger partial charge in [-0.05, 0) is 43.4 Å². The van der Waals surface area contributed by atoms with Gasteiger partial charge < -0.3 is 0 Å². The quantitative estimate of drug-likeness (QED) is 0.420. The fourth-order valence-corrected chi connectivity index (χ4v) is 5.57. The molecule has 0 aliphatic heterocycles. The zero-order chi connectivity index (χ0) is 20.3. The summed E-state index contributed by atoms with van der Waals surface area (Å²) in [6, 6.07) is 15.9. The first kappa shape index (κ1) is 19.3. The Hall–Kier alpha value is -2.71. The molecule has 0 fully saturated rings. The summed E-state index contributed by atoms with van der Waals surface area (Å²) in [4.78, 5) is 21.3. The van der Waals surface area contributed by atoms with E-state index in [1.165, 1.54) is 35.2 Å². The summed E-state index contributed by atoms with van der Waals surface area (Å²) in [6.45, 7) is 0.521. The van der Waals surface area contributed by atoms with Crippen LogP contribution in [-0.4, -0.2) is 31.2 Å². The zero-order valence-electron chi connectivity index (χ0n) is 16.4. The van der Waals surface area contributed by atoms with E-state index in [9.17, 15) is 4.79 Å². The summed E-state index contributed by atoms with van der Waals surface area (Å²) >= 11 is 3.08. The van der Waals surface area contributed by atoms with Gasteiger partial charge in [0.1, 0.15) is 0 Å². The second-order valence-corrected chi connectivity index (χ2v) is 9.24. The Morgan fingerprint density at radius 2 is 1.90 bits per heavy atom. The number of aryl methyl sites for hydroxylation is 2.